The normalized spacial score (nSPS) is 37.4. The standard InChI is InChI=1S/C15H26N2O2/c1-15(12-6-5-9-16-10-12)11-17(14(18)19-15)13-7-3-2-4-8-13/h12-13,16H,2-11H2,1H3. The third kappa shape index (κ3) is 2.60. The lowest BCUT2D eigenvalue weighted by molar-refractivity contribution is 0.0121. The minimum absolute atomic E-state index is 0.0695. The van der Waals surface area contributed by atoms with Crippen molar-refractivity contribution in [2.24, 2.45) is 5.92 Å². The van der Waals surface area contributed by atoms with E-state index in [1.54, 1.807) is 0 Å². The average Bonchev–Trinajstić information content (AvgIpc) is 2.77. The highest BCUT2D eigenvalue weighted by Crippen LogP contribution is 2.36. The molecule has 1 amide bonds. The van der Waals surface area contributed by atoms with Gasteiger partial charge in [0.15, 0.2) is 0 Å². The predicted octanol–water partition coefficient (Wildman–Crippen LogP) is 2.53. The number of amides is 1. The summed E-state index contributed by atoms with van der Waals surface area (Å²) in [6, 6.07) is 0.430. The molecule has 1 saturated carbocycles. The maximum Gasteiger partial charge on any atom is 0.410 e. The van der Waals surface area contributed by atoms with E-state index in [0.29, 0.717) is 12.0 Å². The molecule has 4 heteroatoms. The van der Waals surface area contributed by atoms with Gasteiger partial charge in [-0.1, -0.05) is 19.3 Å². The van der Waals surface area contributed by atoms with Gasteiger partial charge in [-0.3, -0.25) is 0 Å². The van der Waals surface area contributed by atoms with Crippen molar-refractivity contribution in [2.45, 2.75) is 63.5 Å². The Morgan fingerprint density at radius 3 is 2.68 bits per heavy atom. The van der Waals surface area contributed by atoms with Gasteiger partial charge in [-0.05, 0) is 39.2 Å². The number of nitrogens with one attached hydrogen (secondary N) is 1. The molecule has 4 nitrogen and oxygen atoms in total. The van der Waals surface area contributed by atoms with Gasteiger partial charge >= 0.3 is 6.09 Å². The Balaban J connectivity index is 1.67. The summed E-state index contributed by atoms with van der Waals surface area (Å²) in [5, 5.41) is 3.44. The van der Waals surface area contributed by atoms with Gasteiger partial charge in [0, 0.05) is 18.5 Å². The monoisotopic (exact) mass is 266 g/mol. The van der Waals surface area contributed by atoms with E-state index in [9.17, 15) is 4.79 Å². The second kappa shape index (κ2) is 5.31. The Morgan fingerprint density at radius 2 is 2.00 bits per heavy atom. The maximum atomic E-state index is 12.2. The van der Waals surface area contributed by atoms with E-state index < -0.39 is 0 Å². The van der Waals surface area contributed by atoms with E-state index in [1.165, 1.54) is 32.1 Å². The van der Waals surface area contributed by atoms with Crippen LogP contribution in [0.15, 0.2) is 0 Å². The second-order valence-electron chi connectivity index (χ2n) is 6.64. The number of carbonyl (C=O) groups excluding carboxylic acids is 1. The third-order valence-corrected chi connectivity index (χ3v) is 5.22. The van der Waals surface area contributed by atoms with Gasteiger partial charge in [0.25, 0.3) is 0 Å². The molecule has 2 aliphatic heterocycles. The minimum atomic E-state index is -0.276. The summed E-state index contributed by atoms with van der Waals surface area (Å²) in [7, 11) is 0. The SMILES string of the molecule is CC1(C2CCCNC2)CN(C2CCCCC2)C(=O)O1. The zero-order chi connectivity index (χ0) is 13.3. The summed E-state index contributed by atoms with van der Waals surface area (Å²) in [5.74, 6) is 0.471. The van der Waals surface area contributed by atoms with Crippen molar-refractivity contribution in [3.63, 3.8) is 0 Å². The van der Waals surface area contributed by atoms with Gasteiger partial charge in [-0.25, -0.2) is 4.79 Å². The molecule has 0 radical (unpaired) electrons. The van der Waals surface area contributed by atoms with Crippen LogP contribution in [0.5, 0.6) is 0 Å². The molecule has 2 heterocycles. The van der Waals surface area contributed by atoms with Gasteiger partial charge in [-0.2, -0.15) is 0 Å². The smallest absolute Gasteiger partial charge is 0.410 e. The van der Waals surface area contributed by atoms with Gasteiger partial charge in [-0.15, -0.1) is 0 Å². The Kier molecular flexibility index (Phi) is 3.70. The number of carbonyl (C=O) groups is 1. The van der Waals surface area contributed by atoms with Crippen LogP contribution in [-0.4, -0.2) is 42.3 Å². The molecule has 1 N–H and O–H groups in total. The summed E-state index contributed by atoms with van der Waals surface area (Å²) >= 11 is 0. The molecular formula is C15H26N2O2. The van der Waals surface area contributed by atoms with Gasteiger partial charge in [0.05, 0.1) is 6.54 Å². The molecular weight excluding hydrogens is 240 g/mol. The summed E-state index contributed by atoms with van der Waals surface area (Å²) < 4.78 is 5.80. The van der Waals surface area contributed by atoms with Gasteiger partial charge < -0.3 is 15.0 Å². The fourth-order valence-electron chi connectivity index (χ4n) is 3.95. The Morgan fingerprint density at radius 1 is 1.21 bits per heavy atom. The van der Waals surface area contributed by atoms with Crippen LogP contribution in [0.3, 0.4) is 0 Å². The zero-order valence-electron chi connectivity index (χ0n) is 12.0. The van der Waals surface area contributed by atoms with Crippen LogP contribution in [-0.2, 0) is 4.74 Å². The number of rotatable bonds is 2. The summed E-state index contributed by atoms with van der Waals surface area (Å²) in [5.41, 5.74) is -0.276. The summed E-state index contributed by atoms with van der Waals surface area (Å²) in [6.07, 6.45) is 8.47. The fourth-order valence-corrected chi connectivity index (χ4v) is 3.95. The quantitative estimate of drug-likeness (QED) is 0.835. The lowest BCUT2D eigenvalue weighted by Gasteiger charge is -2.36. The molecule has 3 aliphatic rings. The van der Waals surface area contributed by atoms with Crippen LogP contribution in [0.1, 0.15) is 51.9 Å². The maximum absolute atomic E-state index is 12.2. The van der Waals surface area contributed by atoms with E-state index >= 15 is 0 Å². The zero-order valence-corrected chi connectivity index (χ0v) is 12.0. The molecule has 0 bridgehead atoms. The van der Waals surface area contributed by atoms with Crippen molar-refractivity contribution in [1.82, 2.24) is 10.2 Å². The van der Waals surface area contributed by atoms with Crippen molar-refractivity contribution >= 4 is 6.09 Å². The number of nitrogens with zero attached hydrogens (tertiary/aromatic N) is 1. The summed E-state index contributed by atoms with van der Waals surface area (Å²) in [6.45, 7) is 5.02. The van der Waals surface area contributed by atoms with Crippen molar-refractivity contribution in [3.8, 4) is 0 Å². The lowest BCUT2D eigenvalue weighted by Crippen LogP contribution is -2.47. The molecule has 3 fully saturated rings. The number of piperidine rings is 1. The molecule has 3 rings (SSSR count). The van der Waals surface area contributed by atoms with Crippen LogP contribution < -0.4 is 5.32 Å². The average molecular weight is 266 g/mol. The first-order valence-corrected chi connectivity index (χ1v) is 7.89. The van der Waals surface area contributed by atoms with E-state index in [4.69, 9.17) is 4.74 Å². The van der Waals surface area contributed by atoms with Crippen molar-refractivity contribution in [1.29, 1.82) is 0 Å². The largest absolute Gasteiger partial charge is 0.441 e. The van der Waals surface area contributed by atoms with Crippen LogP contribution in [0.25, 0.3) is 0 Å². The first-order valence-electron chi connectivity index (χ1n) is 7.89. The van der Waals surface area contributed by atoms with Crippen molar-refractivity contribution in [3.05, 3.63) is 0 Å². The van der Waals surface area contributed by atoms with E-state index in [1.807, 2.05) is 4.90 Å². The fraction of sp³-hybridized carbons (Fsp3) is 0.933. The molecule has 1 aliphatic carbocycles. The molecule has 2 atom stereocenters. The number of cyclic esters (lactones) is 1. The summed E-state index contributed by atoms with van der Waals surface area (Å²) in [4.78, 5) is 14.2. The highest BCUT2D eigenvalue weighted by molar-refractivity contribution is 5.71. The Bertz CT molecular complexity index is 335. The van der Waals surface area contributed by atoms with Gasteiger partial charge in [0.2, 0.25) is 0 Å². The molecule has 108 valence electrons. The van der Waals surface area contributed by atoms with E-state index in [0.717, 1.165) is 32.5 Å². The minimum Gasteiger partial charge on any atom is -0.441 e. The third-order valence-electron chi connectivity index (χ3n) is 5.22. The molecule has 0 spiro atoms. The molecule has 0 aromatic rings. The molecule has 2 unspecified atom stereocenters. The predicted molar refractivity (Wildman–Crippen MR) is 74.1 cm³/mol. The molecule has 19 heavy (non-hydrogen) atoms. The molecule has 0 aromatic carbocycles. The number of hydrogen-bond acceptors (Lipinski definition) is 3. The highest BCUT2D eigenvalue weighted by Gasteiger charge is 2.48. The van der Waals surface area contributed by atoms with Gasteiger partial charge in [0.1, 0.15) is 5.60 Å². The first-order chi connectivity index (χ1) is 9.19. The first kappa shape index (κ1) is 13.2. The van der Waals surface area contributed by atoms with E-state index in [-0.39, 0.29) is 11.7 Å². The van der Waals surface area contributed by atoms with Crippen LogP contribution in [0.2, 0.25) is 0 Å². The van der Waals surface area contributed by atoms with Crippen molar-refractivity contribution in [2.75, 3.05) is 19.6 Å². The molecule has 2 saturated heterocycles. The number of ether oxygens (including phenoxy) is 1. The van der Waals surface area contributed by atoms with Crippen molar-refractivity contribution < 1.29 is 9.53 Å². The van der Waals surface area contributed by atoms with Crippen LogP contribution >= 0.6 is 0 Å². The topological polar surface area (TPSA) is 41.6 Å². The molecule has 0 aromatic heterocycles. The highest BCUT2D eigenvalue weighted by atomic mass is 16.6. The van der Waals surface area contributed by atoms with E-state index in [2.05, 4.69) is 12.2 Å². The van der Waals surface area contributed by atoms with Crippen LogP contribution in [0, 0.1) is 5.92 Å². The Hall–Kier alpha value is -0.770. The van der Waals surface area contributed by atoms with Crippen LogP contribution in [0.4, 0.5) is 4.79 Å². The second-order valence-corrected chi connectivity index (χ2v) is 6.64. The number of hydrogen-bond donors (Lipinski definition) is 1. The lowest BCUT2D eigenvalue weighted by atomic mass is 9.83. The Labute approximate surface area is 115 Å².